The number of hydrazine groups is 1. The van der Waals surface area contributed by atoms with Gasteiger partial charge in [-0.05, 0) is 47.2 Å². The van der Waals surface area contributed by atoms with E-state index in [1.807, 2.05) is 43.3 Å². The van der Waals surface area contributed by atoms with Crippen molar-refractivity contribution in [2.75, 3.05) is 17.3 Å². The van der Waals surface area contributed by atoms with E-state index in [-0.39, 0.29) is 17.2 Å². The van der Waals surface area contributed by atoms with Gasteiger partial charge in [-0.1, -0.05) is 31.2 Å². The Morgan fingerprint density at radius 2 is 1.58 bits per heavy atom. The van der Waals surface area contributed by atoms with Gasteiger partial charge >= 0.3 is 0 Å². The summed E-state index contributed by atoms with van der Waals surface area (Å²) in [6.45, 7) is 2.80. The molecule has 0 heterocycles. The molecule has 5 heteroatoms. The maximum atomic E-state index is 12.4. The molecule has 1 amide bonds. The lowest BCUT2D eigenvalue weighted by molar-refractivity contribution is 0.102. The number of aromatic hydroxyl groups is 1. The number of benzene rings is 3. The van der Waals surface area contributed by atoms with Gasteiger partial charge in [0.25, 0.3) is 5.91 Å². The molecule has 0 saturated heterocycles. The Labute approximate surface area is 140 Å². The molecule has 0 aliphatic heterocycles. The monoisotopic (exact) mass is 321 g/mol. The highest BCUT2D eigenvalue weighted by molar-refractivity contribution is 6.08. The maximum absolute atomic E-state index is 12.4. The molecule has 3 aromatic rings. The predicted molar refractivity (Wildman–Crippen MR) is 97.3 cm³/mol. The lowest BCUT2D eigenvalue weighted by Crippen LogP contribution is -2.20. The number of phenolic OH excluding ortho intramolecular Hbond substituents is 1. The molecule has 0 atom stereocenters. The minimum Gasteiger partial charge on any atom is -0.507 e. The first-order valence-corrected chi connectivity index (χ1v) is 7.79. The van der Waals surface area contributed by atoms with Crippen LogP contribution in [0.25, 0.3) is 10.8 Å². The Bertz CT molecular complexity index is 860. The van der Waals surface area contributed by atoms with E-state index in [2.05, 4.69) is 16.2 Å². The van der Waals surface area contributed by atoms with E-state index in [9.17, 15) is 9.90 Å². The van der Waals surface area contributed by atoms with E-state index in [4.69, 9.17) is 0 Å². The minimum atomic E-state index is -0.342. The quantitative estimate of drug-likeness (QED) is 0.540. The van der Waals surface area contributed by atoms with Crippen LogP contribution < -0.4 is 16.2 Å². The number of fused-ring (bicyclic) bond motifs is 1. The Hall–Kier alpha value is -3.05. The van der Waals surface area contributed by atoms with Crippen molar-refractivity contribution < 1.29 is 9.90 Å². The molecule has 0 radical (unpaired) electrons. The average molecular weight is 321 g/mol. The highest BCUT2D eigenvalue weighted by Gasteiger charge is 2.12. The summed E-state index contributed by atoms with van der Waals surface area (Å²) >= 11 is 0. The van der Waals surface area contributed by atoms with E-state index in [1.165, 1.54) is 0 Å². The number of carbonyl (C=O) groups excluding carboxylic acids is 1. The van der Waals surface area contributed by atoms with Crippen LogP contribution >= 0.6 is 0 Å². The summed E-state index contributed by atoms with van der Waals surface area (Å²) in [5, 5.41) is 14.7. The molecule has 0 aromatic heterocycles. The molecule has 4 N–H and O–H groups in total. The molecule has 0 saturated carbocycles. The van der Waals surface area contributed by atoms with E-state index in [1.54, 1.807) is 24.3 Å². The van der Waals surface area contributed by atoms with Crippen molar-refractivity contribution in [3.05, 3.63) is 66.2 Å². The summed E-state index contributed by atoms with van der Waals surface area (Å²) in [5.41, 5.74) is 7.86. The number of hydrogen-bond donors (Lipinski definition) is 4. The number of hydrogen-bond acceptors (Lipinski definition) is 4. The number of phenols is 1. The third-order valence-corrected chi connectivity index (χ3v) is 3.66. The summed E-state index contributed by atoms with van der Waals surface area (Å²) in [5.74, 6) is -0.373. The zero-order chi connectivity index (χ0) is 16.9. The van der Waals surface area contributed by atoms with Crippen LogP contribution in [0.4, 0.5) is 11.4 Å². The molecule has 0 unspecified atom stereocenters. The average Bonchev–Trinajstić information content (AvgIpc) is 2.60. The zero-order valence-corrected chi connectivity index (χ0v) is 13.3. The second-order valence-corrected chi connectivity index (χ2v) is 5.40. The van der Waals surface area contributed by atoms with E-state index in [0.29, 0.717) is 5.69 Å². The fourth-order valence-corrected chi connectivity index (χ4v) is 2.44. The van der Waals surface area contributed by atoms with E-state index in [0.717, 1.165) is 23.0 Å². The molecule has 0 aliphatic carbocycles. The van der Waals surface area contributed by atoms with Gasteiger partial charge in [-0.2, -0.15) is 0 Å². The number of rotatable bonds is 5. The summed E-state index contributed by atoms with van der Waals surface area (Å²) < 4.78 is 0. The second-order valence-electron chi connectivity index (χ2n) is 5.40. The standard InChI is InChI=1S/C19H19N3O2/c1-2-20-22-16-9-7-15(8-10-16)21-19(24)17-11-13-5-3-4-6-14(13)12-18(17)23/h3-12,20,22-23H,2H2,1H3,(H,21,24). The van der Waals surface area contributed by atoms with Crippen LogP contribution in [0.3, 0.4) is 0 Å². The summed E-state index contributed by atoms with van der Waals surface area (Å²) in [6.07, 6.45) is 0. The molecular formula is C19H19N3O2. The van der Waals surface area contributed by atoms with Gasteiger partial charge in [-0.3, -0.25) is 4.79 Å². The first-order valence-electron chi connectivity index (χ1n) is 7.79. The molecule has 24 heavy (non-hydrogen) atoms. The first kappa shape index (κ1) is 15.8. The molecule has 0 bridgehead atoms. The molecule has 0 fully saturated rings. The molecule has 5 nitrogen and oxygen atoms in total. The van der Waals surface area contributed by atoms with Crippen LogP contribution in [-0.2, 0) is 0 Å². The van der Waals surface area contributed by atoms with Gasteiger partial charge in [-0.25, -0.2) is 5.43 Å². The molecule has 122 valence electrons. The predicted octanol–water partition coefficient (Wildman–Crippen LogP) is 3.73. The Morgan fingerprint density at radius 1 is 0.958 bits per heavy atom. The molecule has 3 aromatic carbocycles. The van der Waals surface area contributed by atoms with Crippen molar-refractivity contribution in [2.45, 2.75) is 6.92 Å². The molecule has 0 aliphatic rings. The van der Waals surface area contributed by atoms with Gasteiger partial charge in [0.1, 0.15) is 5.75 Å². The number of nitrogens with one attached hydrogen (secondary N) is 3. The van der Waals surface area contributed by atoms with Gasteiger partial charge in [0.15, 0.2) is 0 Å². The molecule has 0 spiro atoms. The van der Waals surface area contributed by atoms with Crippen LogP contribution in [0.2, 0.25) is 0 Å². The van der Waals surface area contributed by atoms with Crippen LogP contribution in [-0.4, -0.2) is 17.6 Å². The van der Waals surface area contributed by atoms with Crippen molar-refractivity contribution in [1.29, 1.82) is 0 Å². The largest absolute Gasteiger partial charge is 0.507 e. The van der Waals surface area contributed by atoms with Gasteiger partial charge in [0.2, 0.25) is 0 Å². The Morgan fingerprint density at radius 3 is 2.25 bits per heavy atom. The fraction of sp³-hybridized carbons (Fsp3) is 0.105. The van der Waals surface area contributed by atoms with Crippen LogP contribution in [0.1, 0.15) is 17.3 Å². The highest BCUT2D eigenvalue weighted by Crippen LogP contribution is 2.26. The summed E-state index contributed by atoms with van der Waals surface area (Å²) in [4.78, 5) is 12.4. The van der Waals surface area contributed by atoms with Crippen LogP contribution in [0.5, 0.6) is 5.75 Å². The molecule has 3 rings (SSSR count). The third kappa shape index (κ3) is 3.47. The Balaban J connectivity index is 1.78. The SMILES string of the molecule is CCNNc1ccc(NC(=O)c2cc3ccccc3cc2O)cc1. The number of anilines is 2. The van der Waals surface area contributed by atoms with E-state index >= 15 is 0 Å². The fourth-order valence-electron chi connectivity index (χ4n) is 2.44. The van der Waals surface area contributed by atoms with Gasteiger partial charge < -0.3 is 15.8 Å². The third-order valence-electron chi connectivity index (χ3n) is 3.66. The summed E-state index contributed by atoms with van der Waals surface area (Å²) in [7, 11) is 0. The number of carbonyl (C=O) groups is 1. The topological polar surface area (TPSA) is 73.4 Å². The molecular weight excluding hydrogens is 302 g/mol. The van der Waals surface area contributed by atoms with Gasteiger partial charge in [-0.15, -0.1) is 0 Å². The minimum absolute atomic E-state index is 0.0309. The second kappa shape index (κ2) is 7.02. The number of amides is 1. The highest BCUT2D eigenvalue weighted by atomic mass is 16.3. The zero-order valence-electron chi connectivity index (χ0n) is 13.3. The van der Waals surface area contributed by atoms with Crippen molar-refractivity contribution in [3.8, 4) is 5.75 Å². The van der Waals surface area contributed by atoms with Crippen molar-refractivity contribution in [1.82, 2.24) is 5.43 Å². The lowest BCUT2D eigenvalue weighted by Gasteiger charge is -2.10. The van der Waals surface area contributed by atoms with Crippen LogP contribution in [0, 0.1) is 0 Å². The summed E-state index contributed by atoms with van der Waals surface area (Å²) in [6, 6.07) is 18.2. The van der Waals surface area contributed by atoms with E-state index < -0.39 is 0 Å². The normalized spacial score (nSPS) is 10.5. The lowest BCUT2D eigenvalue weighted by atomic mass is 10.1. The van der Waals surface area contributed by atoms with Crippen molar-refractivity contribution in [3.63, 3.8) is 0 Å². The smallest absolute Gasteiger partial charge is 0.259 e. The van der Waals surface area contributed by atoms with Crippen molar-refractivity contribution in [2.24, 2.45) is 0 Å². The first-order chi connectivity index (χ1) is 11.7. The Kier molecular flexibility index (Phi) is 4.63. The van der Waals surface area contributed by atoms with Gasteiger partial charge in [0.05, 0.1) is 5.56 Å². The van der Waals surface area contributed by atoms with Crippen molar-refractivity contribution >= 4 is 28.1 Å². The van der Waals surface area contributed by atoms with Crippen LogP contribution in [0.15, 0.2) is 60.7 Å². The maximum Gasteiger partial charge on any atom is 0.259 e. The van der Waals surface area contributed by atoms with Gasteiger partial charge in [0, 0.05) is 17.9 Å².